The maximum absolute atomic E-state index is 13.1. The lowest BCUT2D eigenvalue weighted by molar-refractivity contribution is 0.580. The molecule has 0 aliphatic heterocycles. The molecule has 106 valence electrons. The first-order valence-corrected chi connectivity index (χ1v) is 6.89. The minimum absolute atomic E-state index is 0.0645. The number of H-pyrrole nitrogens is 1. The number of hydrogen-bond acceptors (Lipinski definition) is 2. The summed E-state index contributed by atoms with van der Waals surface area (Å²) in [4.78, 5) is 18.7. The minimum Gasteiger partial charge on any atom is -0.309 e. The summed E-state index contributed by atoms with van der Waals surface area (Å²) in [6, 6.07) is 3.25. The van der Waals surface area contributed by atoms with Crippen molar-refractivity contribution in [3.05, 3.63) is 61.7 Å². The van der Waals surface area contributed by atoms with Gasteiger partial charge in [0.1, 0.15) is 21.9 Å². The largest absolute Gasteiger partial charge is 0.309 e. The summed E-state index contributed by atoms with van der Waals surface area (Å²) in [6.45, 7) is 3.83. The number of benzene rings is 1. The molecule has 3 nitrogen and oxygen atoms in total. The predicted octanol–water partition coefficient (Wildman–Crippen LogP) is 3.52. The van der Waals surface area contributed by atoms with E-state index < -0.39 is 11.6 Å². The fourth-order valence-electron chi connectivity index (χ4n) is 1.90. The lowest BCUT2D eigenvalue weighted by Gasteiger charge is -2.09. The summed E-state index contributed by atoms with van der Waals surface area (Å²) in [5.41, 5.74) is 0.749. The molecule has 0 radical (unpaired) electrons. The molecular formula is C14H13BrF2N2O. The van der Waals surface area contributed by atoms with Gasteiger partial charge in [-0.15, -0.1) is 0 Å². The van der Waals surface area contributed by atoms with Crippen LogP contribution in [0, 0.1) is 11.6 Å². The van der Waals surface area contributed by atoms with Gasteiger partial charge in [-0.1, -0.05) is 13.8 Å². The summed E-state index contributed by atoms with van der Waals surface area (Å²) in [6.07, 6.45) is 0.164. The number of halogens is 3. The van der Waals surface area contributed by atoms with Gasteiger partial charge >= 0.3 is 0 Å². The van der Waals surface area contributed by atoms with Crippen molar-refractivity contribution in [2.24, 2.45) is 0 Å². The van der Waals surface area contributed by atoms with Crippen LogP contribution in [0.4, 0.5) is 8.78 Å². The molecule has 1 heterocycles. The molecule has 0 bridgehead atoms. The van der Waals surface area contributed by atoms with Gasteiger partial charge in [0.15, 0.2) is 0 Å². The van der Waals surface area contributed by atoms with Crippen molar-refractivity contribution in [3.63, 3.8) is 0 Å². The summed E-state index contributed by atoms with van der Waals surface area (Å²) in [7, 11) is 0. The Morgan fingerprint density at radius 3 is 2.40 bits per heavy atom. The fourth-order valence-corrected chi connectivity index (χ4v) is 2.54. The number of hydrogen-bond donors (Lipinski definition) is 1. The van der Waals surface area contributed by atoms with Crippen molar-refractivity contribution in [3.8, 4) is 0 Å². The first kappa shape index (κ1) is 14.8. The van der Waals surface area contributed by atoms with E-state index in [9.17, 15) is 13.6 Å². The van der Waals surface area contributed by atoms with Crippen LogP contribution in [-0.2, 0) is 6.42 Å². The number of nitrogens with zero attached hydrogens (tertiary/aromatic N) is 1. The Kier molecular flexibility index (Phi) is 4.32. The Hall–Kier alpha value is -1.56. The zero-order chi connectivity index (χ0) is 14.9. The molecule has 0 aliphatic carbocycles. The van der Waals surface area contributed by atoms with E-state index in [2.05, 4.69) is 25.9 Å². The lowest BCUT2D eigenvalue weighted by atomic mass is 10.1. The lowest BCUT2D eigenvalue weighted by Crippen LogP contribution is -2.16. The van der Waals surface area contributed by atoms with E-state index >= 15 is 0 Å². The second-order valence-electron chi connectivity index (χ2n) is 4.82. The summed E-state index contributed by atoms with van der Waals surface area (Å²) < 4.78 is 26.7. The van der Waals surface area contributed by atoms with E-state index in [1.54, 1.807) is 0 Å². The number of rotatable bonds is 3. The highest BCUT2D eigenvalue weighted by Crippen LogP contribution is 2.19. The van der Waals surface area contributed by atoms with Crippen molar-refractivity contribution >= 4 is 15.9 Å². The van der Waals surface area contributed by atoms with Gasteiger partial charge < -0.3 is 4.98 Å². The van der Waals surface area contributed by atoms with Crippen molar-refractivity contribution in [1.29, 1.82) is 0 Å². The quantitative estimate of drug-likeness (QED) is 0.927. The maximum atomic E-state index is 13.1. The molecule has 20 heavy (non-hydrogen) atoms. The van der Waals surface area contributed by atoms with Crippen LogP contribution in [0.3, 0.4) is 0 Å². The third-order valence-electron chi connectivity index (χ3n) is 2.78. The molecule has 0 aliphatic rings. The number of aromatic amines is 1. The van der Waals surface area contributed by atoms with Crippen LogP contribution in [0.5, 0.6) is 0 Å². The van der Waals surface area contributed by atoms with Gasteiger partial charge in [0.2, 0.25) is 0 Å². The van der Waals surface area contributed by atoms with Crippen LogP contribution in [0.25, 0.3) is 0 Å². The molecule has 0 atom stereocenters. The monoisotopic (exact) mass is 342 g/mol. The number of nitrogens with one attached hydrogen (secondary N) is 1. The van der Waals surface area contributed by atoms with Gasteiger partial charge in [-0.3, -0.25) is 4.79 Å². The molecule has 0 amide bonds. The molecule has 1 aromatic heterocycles. The minimum atomic E-state index is -0.649. The standard InChI is InChI=1S/C14H13BrF2N2O/c1-7(2)13-12(15)14(20)19-11(18-13)5-8-3-9(16)6-10(17)4-8/h3-4,6-7H,5H2,1-2H3,(H,18,19,20). The van der Waals surface area contributed by atoms with Gasteiger partial charge in [-0.05, 0) is 39.5 Å². The average molecular weight is 343 g/mol. The topological polar surface area (TPSA) is 45.8 Å². The smallest absolute Gasteiger partial charge is 0.265 e. The molecule has 2 rings (SSSR count). The zero-order valence-electron chi connectivity index (χ0n) is 11.0. The maximum Gasteiger partial charge on any atom is 0.265 e. The van der Waals surface area contributed by atoms with Crippen LogP contribution < -0.4 is 5.56 Å². The molecule has 0 saturated carbocycles. The van der Waals surface area contributed by atoms with Gasteiger partial charge in [-0.2, -0.15) is 0 Å². The Labute approximate surface area is 123 Å². The average Bonchev–Trinajstić information content (AvgIpc) is 2.31. The molecule has 0 spiro atoms. The molecule has 2 aromatic rings. The van der Waals surface area contributed by atoms with Crippen molar-refractivity contribution < 1.29 is 8.78 Å². The van der Waals surface area contributed by atoms with Crippen LogP contribution >= 0.6 is 15.9 Å². The summed E-state index contributed by atoms with van der Waals surface area (Å²) in [5.74, 6) is -0.853. The van der Waals surface area contributed by atoms with Crippen molar-refractivity contribution in [1.82, 2.24) is 9.97 Å². The third-order valence-corrected chi connectivity index (χ3v) is 3.54. The van der Waals surface area contributed by atoms with E-state index in [-0.39, 0.29) is 17.9 Å². The molecule has 6 heteroatoms. The van der Waals surface area contributed by atoms with Gasteiger partial charge in [0.05, 0.1) is 5.69 Å². The highest BCUT2D eigenvalue weighted by atomic mass is 79.9. The number of aromatic nitrogens is 2. The molecular weight excluding hydrogens is 330 g/mol. The van der Waals surface area contributed by atoms with E-state index in [4.69, 9.17) is 0 Å². The Morgan fingerprint density at radius 1 is 1.25 bits per heavy atom. The van der Waals surface area contributed by atoms with E-state index in [0.29, 0.717) is 21.6 Å². The van der Waals surface area contributed by atoms with Crippen LogP contribution in [0.2, 0.25) is 0 Å². The second-order valence-corrected chi connectivity index (χ2v) is 5.61. The predicted molar refractivity (Wildman–Crippen MR) is 75.8 cm³/mol. The second kappa shape index (κ2) is 5.83. The first-order chi connectivity index (χ1) is 9.36. The van der Waals surface area contributed by atoms with Crippen LogP contribution in [0.15, 0.2) is 27.5 Å². The Bertz CT molecular complexity index is 678. The van der Waals surface area contributed by atoms with E-state index in [1.807, 2.05) is 13.8 Å². The molecule has 1 N–H and O–H groups in total. The molecule has 0 saturated heterocycles. The molecule has 1 aromatic carbocycles. The first-order valence-electron chi connectivity index (χ1n) is 6.10. The highest BCUT2D eigenvalue weighted by molar-refractivity contribution is 9.10. The van der Waals surface area contributed by atoms with Crippen LogP contribution in [0.1, 0.15) is 36.8 Å². The SMILES string of the molecule is CC(C)c1nc(Cc2cc(F)cc(F)c2)[nH]c(=O)c1Br. The fraction of sp³-hybridized carbons (Fsp3) is 0.286. The third kappa shape index (κ3) is 3.30. The van der Waals surface area contributed by atoms with Gasteiger partial charge in [-0.25, -0.2) is 13.8 Å². The van der Waals surface area contributed by atoms with Gasteiger partial charge in [0, 0.05) is 12.5 Å². The molecule has 0 fully saturated rings. The normalized spacial score (nSPS) is 11.1. The van der Waals surface area contributed by atoms with Crippen molar-refractivity contribution in [2.75, 3.05) is 0 Å². The van der Waals surface area contributed by atoms with Crippen molar-refractivity contribution in [2.45, 2.75) is 26.2 Å². The Balaban J connectivity index is 2.41. The zero-order valence-corrected chi connectivity index (χ0v) is 12.6. The van der Waals surface area contributed by atoms with E-state index in [1.165, 1.54) is 12.1 Å². The summed E-state index contributed by atoms with van der Waals surface area (Å²) in [5, 5.41) is 0. The van der Waals surface area contributed by atoms with Gasteiger partial charge in [0.25, 0.3) is 5.56 Å². The Morgan fingerprint density at radius 2 is 1.85 bits per heavy atom. The highest BCUT2D eigenvalue weighted by Gasteiger charge is 2.13. The summed E-state index contributed by atoms with van der Waals surface area (Å²) >= 11 is 3.20. The van der Waals surface area contributed by atoms with E-state index in [0.717, 1.165) is 6.07 Å². The van der Waals surface area contributed by atoms with Crippen LogP contribution in [-0.4, -0.2) is 9.97 Å². The molecule has 0 unspecified atom stereocenters.